The minimum absolute atomic E-state index is 0.00388. The van der Waals surface area contributed by atoms with E-state index < -0.39 is 24.1 Å². The Labute approximate surface area is 184 Å². The standard InChI is InChI=1S/C22H26F3N5O2/c1-32-16-7-8-18-17(10-16)28-21(22(23,24)25)30(18)15-6-9-19(27-12-15)29-20(31)14-4-2-13(11-26)3-5-14/h6,9,12-14,16-18H,2-5,7-8,10H2,1H3,(H,27,29,31). The first kappa shape index (κ1) is 22.5. The van der Waals surface area contributed by atoms with Gasteiger partial charge in [-0.2, -0.15) is 18.4 Å². The highest BCUT2D eigenvalue weighted by atomic mass is 19.4. The number of carbonyl (C=O) groups excluding carboxylic acids is 1. The first-order valence-electron chi connectivity index (χ1n) is 10.9. The van der Waals surface area contributed by atoms with E-state index in [1.807, 2.05) is 0 Å². The molecule has 0 radical (unpaired) electrons. The number of aliphatic imine (C=N–C) groups is 1. The molecule has 0 bridgehead atoms. The third kappa shape index (κ3) is 4.58. The van der Waals surface area contributed by atoms with Gasteiger partial charge in [-0.1, -0.05) is 0 Å². The van der Waals surface area contributed by atoms with Crippen LogP contribution in [0.5, 0.6) is 0 Å². The topological polar surface area (TPSA) is 90.6 Å². The van der Waals surface area contributed by atoms with E-state index in [9.17, 15) is 18.0 Å². The SMILES string of the molecule is COC1CCC2C(C1)N=C(C(F)(F)F)N2c1ccc(NC(=O)C2CCC(C#N)CC2)nc1. The number of fused-ring (bicyclic) bond motifs is 1. The Kier molecular flexibility index (Phi) is 6.38. The highest BCUT2D eigenvalue weighted by molar-refractivity contribution is 6.04. The van der Waals surface area contributed by atoms with Crippen molar-refractivity contribution in [3.05, 3.63) is 18.3 Å². The average molecular weight is 449 g/mol. The number of nitrogens with zero attached hydrogens (tertiary/aromatic N) is 4. The Morgan fingerprint density at radius 1 is 1.22 bits per heavy atom. The van der Waals surface area contributed by atoms with Crippen LogP contribution in [-0.4, -0.2) is 48.2 Å². The van der Waals surface area contributed by atoms with E-state index in [1.165, 1.54) is 17.2 Å². The maximum atomic E-state index is 13.7. The molecule has 2 saturated carbocycles. The Balaban J connectivity index is 1.46. The lowest BCUT2D eigenvalue weighted by molar-refractivity contribution is -0.120. The van der Waals surface area contributed by atoms with Gasteiger partial charge in [-0.3, -0.25) is 9.79 Å². The number of ether oxygens (including phenoxy) is 1. The summed E-state index contributed by atoms with van der Waals surface area (Å²) in [5.41, 5.74) is 0.303. The summed E-state index contributed by atoms with van der Waals surface area (Å²) >= 11 is 0. The number of hydrogen-bond donors (Lipinski definition) is 1. The smallest absolute Gasteiger partial charge is 0.381 e. The number of carbonyl (C=O) groups is 1. The van der Waals surface area contributed by atoms with Crippen molar-refractivity contribution in [3.63, 3.8) is 0 Å². The molecule has 3 aliphatic rings. The molecule has 10 heteroatoms. The Bertz CT molecular complexity index is 904. The predicted molar refractivity (Wildman–Crippen MR) is 112 cm³/mol. The third-order valence-corrected chi connectivity index (χ3v) is 6.73. The summed E-state index contributed by atoms with van der Waals surface area (Å²) in [5, 5.41) is 11.7. The molecular formula is C22H26F3N5O2. The van der Waals surface area contributed by atoms with E-state index in [1.54, 1.807) is 13.2 Å². The minimum atomic E-state index is -4.57. The van der Waals surface area contributed by atoms with Gasteiger partial charge in [-0.15, -0.1) is 0 Å². The number of amides is 1. The van der Waals surface area contributed by atoms with Gasteiger partial charge in [0, 0.05) is 18.9 Å². The second-order valence-corrected chi connectivity index (χ2v) is 8.69. The van der Waals surface area contributed by atoms with Crippen molar-refractivity contribution < 1.29 is 22.7 Å². The van der Waals surface area contributed by atoms with Gasteiger partial charge in [0.1, 0.15) is 5.82 Å². The van der Waals surface area contributed by atoms with Crippen LogP contribution in [-0.2, 0) is 9.53 Å². The second kappa shape index (κ2) is 9.06. The van der Waals surface area contributed by atoms with Crippen LogP contribution in [0.1, 0.15) is 44.9 Å². The first-order chi connectivity index (χ1) is 15.3. The zero-order valence-electron chi connectivity index (χ0n) is 17.8. The van der Waals surface area contributed by atoms with Crippen LogP contribution >= 0.6 is 0 Å². The van der Waals surface area contributed by atoms with Crippen LogP contribution in [0.3, 0.4) is 0 Å². The molecule has 4 rings (SSSR count). The fourth-order valence-corrected chi connectivity index (χ4v) is 4.96. The number of hydrogen-bond acceptors (Lipinski definition) is 6. The maximum Gasteiger partial charge on any atom is 0.449 e. The van der Waals surface area contributed by atoms with Crippen molar-refractivity contribution in [2.24, 2.45) is 16.8 Å². The first-order valence-corrected chi connectivity index (χ1v) is 10.9. The molecule has 1 amide bonds. The quantitative estimate of drug-likeness (QED) is 0.749. The Morgan fingerprint density at radius 3 is 2.56 bits per heavy atom. The minimum Gasteiger partial charge on any atom is -0.381 e. The molecule has 2 heterocycles. The zero-order valence-corrected chi connectivity index (χ0v) is 17.8. The lowest BCUT2D eigenvalue weighted by Crippen LogP contribution is -2.47. The van der Waals surface area contributed by atoms with E-state index in [2.05, 4.69) is 21.4 Å². The summed E-state index contributed by atoms with van der Waals surface area (Å²) in [7, 11) is 1.57. The molecule has 3 atom stereocenters. The van der Waals surface area contributed by atoms with Gasteiger partial charge in [0.05, 0.1) is 36.1 Å². The highest BCUT2D eigenvalue weighted by Gasteiger charge is 2.51. The van der Waals surface area contributed by atoms with Crippen molar-refractivity contribution in [1.82, 2.24) is 4.98 Å². The largest absolute Gasteiger partial charge is 0.449 e. The number of aromatic nitrogens is 1. The van der Waals surface area contributed by atoms with Crippen LogP contribution in [0.2, 0.25) is 0 Å². The fourth-order valence-electron chi connectivity index (χ4n) is 4.96. The summed E-state index contributed by atoms with van der Waals surface area (Å²) < 4.78 is 46.5. The number of nitrogens with one attached hydrogen (secondary N) is 1. The van der Waals surface area contributed by atoms with Gasteiger partial charge in [0.25, 0.3) is 0 Å². The average Bonchev–Trinajstić information content (AvgIpc) is 3.19. The second-order valence-electron chi connectivity index (χ2n) is 8.69. The molecule has 1 N–H and O–H groups in total. The molecule has 0 saturated heterocycles. The van der Waals surface area contributed by atoms with Crippen molar-refractivity contribution in [3.8, 4) is 6.07 Å². The normalized spacial score (nSPS) is 30.3. The molecule has 0 spiro atoms. The molecule has 2 aliphatic carbocycles. The molecule has 172 valence electrons. The number of rotatable bonds is 4. The summed E-state index contributed by atoms with van der Waals surface area (Å²) in [5.74, 6) is -0.953. The number of nitriles is 1. The monoisotopic (exact) mass is 449 g/mol. The van der Waals surface area contributed by atoms with Gasteiger partial charge in [0.2, 0.25) is 11.7 Å². The van der Waals surface area contributed by atoms with E-state index in [-0.39, 0.29) is 23.8 Å². The Morgan fingerprint density at radius 2 is 1.97 bits per heavy atom. The summed E-state index contributed by atoms with van der Waals surface area (Å²) in [6, 6.07) is 4.44. The summed E-state index contributed by atoms with van der Waals surface area (Å²) in [4.78, 5) is 21.9. The van der Waals surface area contributed by atoms with Crippen molar-refractivity contribution >= 4 is 23.2 Å². The molecule has 3 unspecified atom stereocenters. The summed E-state index contributed by atoms with van der Waals surface area (Å²) in [6.45, 7) is 0. The van der Waals surface area contributed by atoms with Gasteiger partial charge in [0.15, 0.2) is 0 Å². The highest BCUT2D eigenvalue weighted by Crippen LogP contribution is 2.39. The van der Waals surface area contributed by atoms with Crippen LogP contribution in [0.25, 0.3) is 0 Å². The van der Waals surface area contributed by atoms with Gasteiger partial charge in [-0.25, -0.2) is 4.98 Å². The number of methoxy groups -OCH3 is 1. The Hall–Kier alpha value is -2.67. The van der Waals surface area contributed by atoms with Crippen molar-refractivity contribution in [1.29, 1.82) is 5.26 Å². The van der Waals surface area contributed by atoms with Crippen LogP contribution in [0, 0.1) is 23.2 Å². The number of amidine groups is 1. The number of halogens is 3. The molecule has 7 nitrogen and oxygen atoms in total. The lowest BCUT2D eigenvalue weighted by atomic mass is 9.82. The fraction of sp³-hybridized carbons (Fsp3) is 0.636. The predicted octanol–water partition coefficient (Wildman–Crippen LogP) is 4.07. The van der Waals surface area contributed by atoms with Gasteiger partial charge >= 0.3 is 6.18 Å². The number of alkyl halides is 3. The van der Waals surface area contributed by atoms with E-state index in [4.69, 9.17) is 10.00 Å². The molecule has 32 heavy (non-hydrogen) atoms. The lowest BCUT2D eigenvalue weighted by Gasteiger charge is -2.35. The van der Waals surface area contributed by atoms with Crippen molar-refractivity contribution in [2.45, 2.75) is 69.3 Å². The van der Waals surface area contributed by atoms with Crippen LogP contribution in [0.4, 0.5) is 24.7 Å². The molecule has 1 aromatic heterocycles. The van der Waals surface area contributed by atoms with E-state index in [0.29, 0.717) is 56.5 Å². The van der Waals surface area contributed by atoms with Crippen molar-refractivity contribution in [2.75, 3.05) is 17.3 Å². The van der Waals surface area contributed by atoms with Gasteiger partial charge in [-0.05, 0) is 57.1 Å². The van der Waals surface area contributed by atoms with E-state index in [0.717, 1.165) is 0 Å². The molecule has 2 fully saturated rings. The number of anilines is 2. The zero-order chi connectivity index (χ0) is 22.9. The van der Waals surface area contributed by atoms with E-state index >= 15 is 0 Å². The third-order valence-electron chi connectivity index (χ3n) is 6.73. The molecular weight excluding hydrogens is 423 g/mol. The molecule has 1 aromatic rings. The van der Waals surface area contributed by atoms with Crippen LogP contribution in [0.15, 0.2) is 23.3 Å². The van der Waals surface area contributed by atoms with Crippen LogP contribution < -0.4 is 10.2 Å². The molecule has 1 aliphatic heterocycles. The van der Waals surface area contributed by atoms with Gasteiger partial charge < -0.3 is 15.0 Å². The summed E-state index contributed by atoms with van der Waals surface area (Å²) in [6.07, 6.45) is 1.04. The number of pyridine rings is 1. The molecule has 0 aromatic carbocycles. The maximum absolute atomic E-state index is 13.7.